The minimum atomic E-state index is -0.848. The van der Waals surface area contributed by atoms with Crippen LogP contribution < -0.4 is 63.9 Å². The van der Waals surface area contributed by atoms with Gasteiger partial charge in [-0.25, -0.2) is 0 Å². The molecule has 0 aliphatic carbocycles. The average molecular weight is 265 g/mol. The molecule has 3 N–H and O–H groups in total. The van der Waals surface area contributed by atoms with Gasteiger partial charge in [0.1, 0.15) is 0 Å². The maximum absolute atomic E-state index is 11.5. The van der Waals surface area contributed by atoms with Crippen molar-refractivity contribution < 1.29 is 67.4 Å². The number of alkyl halides is 1. The summed E-state index contributed by atoms with van der Waals surface area (Å²) in [6.45, 7) is -0.341. The fraction of sp³-hybridized carbons (Fsp3) is 0.833. The molecule has 0 aromatic heterocycles. The first kappa shape index (κ1) is 16.0. The van der Waals surface area contributed by atoms with Crippen LogP contribution in [0.4, 0.5) is 4.39 Å². The van der Waals surface area contributed by atoms with Gasteiger partial charge in [-0.3, -0.25) is 9.18 Å². The summed E-state index contributed by atoms with van der Waals surface area (Å²) in [4.78, 5) is 10.3. The van der Waals surface area contributed by atoms with Gasteiger partial charge in [0, 0.05) is 0 Å². The molecular formula is C6H12FN2ORbS. The third-order valence-corrected chi connectivity index (χ3v) is 2.20. The van der Waals surface area contributed by atoms with Crippen molar-refractivity contribution in [3.05, 3.63) is 5.73 Å². The second kappa shape index (κ2) is 10.6. The van der Waals surface area contributed by atoms with Crippen molar-refractivity contribution in [2.45, 2.75) is 12.5 Å². The van der Waals surface area contributed by atoms with Crippen LogP contribution in [0, 0.1) is 0 Å². The Morgan fingerprint density at radius 3 is 2.67 bits per heavy atom. The standard InChI is InChI=1S/C6H12FN2OS.Rb/c7-2-1-3-11-4-5(8)6(9)10;/h5,8H,1-4H2,(H2,9,10);/q-1;+1/t5-;/m0./s1. The van der Waals surface area contributed by atoms with E-state index in [1.165, 1.54) is 11.8 Å². The molecule has 0 aliphatic heterocycles. The molecule has 0 radical (unpaired) electrons. The molecule has 3 nitrogen and oxygen atoms in total. The predicted octanol–water partition coefficient (Wildman–Crippen LogP) is -2.01. The Balaban J connectivity index is 0. The Bertz CT molecular complexity index is 128. The van der Waals surface area contributed by atoms with Gasteiger partial charge >= 0.3 is 58.2 Å². The van der Waals surface area contributed by atoms with Gasteiger partial charge in [0.15, 0.2) is 5.91 Å². The third-order valence-electron chi connectivity index (χ3n) is 1.05. The minimum absolute atomic E-state index is 0. The van der Waals surface area contributed by atoms with Gasteiger partial charge in [-0.1, -0.05) is 0 Å². The van der Waals surface area contributed by atoms with E-state index in [1.54, 1.807) is 0 Å². The van der Waals surface area contributed by atoms with Crippen molar-refractivity contribution in [1.82, 2.24) is 0 Å². The van der Waals surface area contributed by atoms with E-state index in [0.29, 0.717) is 17.9 Å². The summed E-state index contributed by atoms with van der Waals surface area (Å²) in [5.41, 5.74) is 11.9. The molecule has 0 saturated heterocycles. The first-order valence-electron chi connectivity index (χ1n) is 3.32. The van der Waals surface area contributed by atoms with E-state index in [4.69, 9.17) is 11.5 Å². The van der Waals surface area contributed by atoms with Crippen LogP contribution in [0.2, 0.25) is 0 Å². The molecular weight excluding hydrogens is 253 g/mol. The summed E-state index contributed by atoms with van der Waals surface area (Å²) in [6.07, 6.45) is 0.482. The molecule has 0 aromatic carbocycles. The number of rotatable bonds is 6. The summed E-state index contributed by atoms with van der Waals surface area (Å²) in [7, 11) is 0. The number of carbonyl (C=O) groups excluding carboxylic acids is 1. The average Bonchev–Trinajstić information content (AvgIpc) is 1.97. The molecule has 0 bridgehead atoms. The van der Waals surface area contributed by atoms with Crippen LogP contribution in [-0.2, 0) is 4.79 Å². The molecule has 0 saturated carbocycles. The number of halogens is 1. The molecule has 0 heterocycles. The molecule has 0 rings (SSSR count). The quantitative estimate of drug-likeness (QED) is 0.564. The zero-order valence-electron chi connectivity index (χ0n) is 7.18. The fourth-order valence-corrected chi connectivity index (χ4v) is 1.32. The van der Waals surface area contributed by atoms with Gasteiger partial charge < -0.3 is 11.5 Å². The number of primary amides is 1. The van der Waals surface area contributed by atoms with Gasteiger partial charge in [0.2, 0.25) is 0 Å². The Morgan fingerprint density at radius 2 is 2.25 bits per heavy atom. The smallest absolute Gasteiger partial charge is 0.666 e. The second-order valence-electron chi connectivity index (χ2n) is 2.07. The van der Waals surface area contributed by atoms with Crippen LogP contribution in [0.1, 0.15) is 6.42 Å². The molecule has 6 heteroatoms. The number of hydrogen-bond donors (Lipinski definition) is 1. The van der Waals surface area contributed by atoms with Crippen LogP contribution in [0.15, 0.2) is 0 Å². The molecule has 0 unspecified atom stereocenters. The Hall–Kier alpha value is 1.52. The zero-order chi connectivity index (χ0) is 8.69. The number of hydrogen-bond acceptors (Lipinski definition) is 2. The van der Waals surface area contributed by atoms with Crippen molar-refractivity contribution in [3.63, 3.8) is 0 Å². The number of thioether (sulfide) groups is 1. The zero-order valence-corrected chi connectivity index (χ0v) is 12.9. The molecule has 0 aliphatic rings. The van der Waals surface area contributed by atoms with Crippen LogP contribution in [0.3, 0.4) is 0 Å². The summed E-state index contributed by atoms with van der Waals surface area (Å²) in [5, 5.41) is 0. The predicted molar refractivity (Wildman–Crippen MR) is 45.2 cm³/mol. The van der Waals surface area contributed by atoms with E-state index in [0.717, 1.165) is 0 Å². The topological polar surface area (TPSA) is 66.9 Å². The van der Waals surface area contributed by atoms with E-state index in [-0.39, 0.29) is 64.9 Å². The van der Waals surface area contributed by atoms with E-state index in [2.05, 4.69) is 0 Å². The molecule has 0 fully saturated rings. The van der Waals surface area contributed by atoms with E-state index in [1.807, 2.05) is 0 Å². The van der Waals surface area contributed by atoms with Crippen molar-refractivity contribution in [2.75, 3.05) is 18.2 Å². The van der Waals surface area contributed by atoms with Crippen molar-refractivity contribution >= 4 is 17.7 Å². The molecule has 12 heavy (non-hydrogen) atoms. The number of carbonyl (C=O) groups is 1. The van der Waals surface area contributed by atoms with Crippen molar-refractivity contribution in [2.24, 2.45) is 5.73 Å². The number of nitrogens with two attached hydrogens (primary N) is 1. The van der Waals surface area contributed by atoms with Gasteiger partial charge in [0.05, 0.1) is 6.67 Å². The summed E-state index contributed by atoms with van der Waals surface area (Å²) < 4.78 is 11.5. The van der Waals surface area contributed by atoms with Crippen LogP contribution >= 0.6 is 11.8 Å². The molecule has 66 valence electrons. The van der Waals surface area contributed by atoms with Crippen LogP contribution in [0.25, 0.3) is 5.73 Å². The Kier molecular flexibility index (Phi) is 14.1. The van der Waals surface area contributed by atoms with Gasteiger partial charge in [-0.15, -0.1) is 0 Å². The SMILES string of the molecule is [NH-][C@@H](CSCCCF)C(N)=O.[Rb+]. The van der Waals surface area contributed by atoms with Gasteiger partial charge in [-0.05, 0) is 24.0 Å². The van der Waals surface area contributed by atoms with Crippen molar-refractivity contribution in [1.29, 1.82) is 0 Å². The minimum Gasteiger partial charge on any atom is -0.666 e. The Morgan fingerprint density at radius 1 is 1.67 bits per heavy atom. The summed E-state index contributed by atoms with van der Waals surface area (Å²) in [6, 6.07) is -0.848. The summed E-state index contributed by atoms with van der Waals surface area (Å²) >= 11 is 1.39. The first-order valence-corrected chi connectivity index (χ1v) is 4.48. The van der Waals surface area contributed by atoms with Gasteiger partial charge in [-0.2, -0.15) is 11.8 Å². The Labute approximate surface area is 125 Å². The number of nitrogens with one attached hydrogen (secondary N) is 1. The van der Waals surface area contributed by atoms with E-state index < -0.39 is 11.9 Å². The maximum Gasteiger partial charge on any atom is 1.00 e. The van der Waals surface area contributed by atoms with E-state index >= 15 is 0 Å². The molecule has 0 spiro atoms. The molecule has 1 amide bonds. The second-order valence-corrected chi connectivity index (χ2v) is 3.22. The van der Waals surface area contributed by atoms with Crippen LogP contribution in [0.5, 0.6) is 0 Å². The monoisotopic (exact) mass is 264 g/mol. The van der Waals surface area contributed by atoms with E-state index in [9.17, 15) is 9.18 Å². The van der Waals surface area contributed by atoms with Crippen molar-refractivity contribution in [3.8, 4) is 0 Å². The molecule has 0 aromatic rings. The maximum atomic E-state index is 11.5. The molecule has 1 atom stereocenters. The van der Waals surface area contributed by atoms with Crippen LogP contribution in [-0.4, -0.2) is 30.1 Å². The normalized spacial score (nSPS) is 11.8. The van der Waals surface area contributed by atoms with Gasteiger partial charge in [0.25, 0.3) is 0 Å². The summed E-state index contributed by atoms with van der Waals surface area (Å²) in [5.74, 6) is 0.409. The number of amides is 1. The first-order chi connectivity index (χ1) is 5.18. The largest absolute Gasteiger partial charge is 1.00 e. The third kappa shape index (κ3) is 9.60. The fourth-order valence-electron chi connectivity index (χ4n) is 0.440.